The number of amides is 1. The second kappa shape index (κ2) is 3.98. The average molecular weight is 228 g/mol. The molecule has 1 unspecified atom stereocenters. The summed E-state index contributed by atoms with van der Waals surface area (Å²) in [5.74, 6) is 4.48. The molecule has 1 amide bonds. The highest BCUT2D eigenvalue weighted by Gasteiger charge is 2.34. The van der Waals surface area contributed by atoms with Gasteiger partial charge < -0.3 is 5.48 Å². The molecule has 1 aromatic rings. The normalized spacial score (nSPS) is 21.7. The van der Waals surface area contributed by atoms with E-state index in [9.17, 15) is 4.79 Å². The quantitative estimate of drug-likeness (QED) is 0.195. The number of nitrogens with two attached hydrogens (primary N) is 1. The summed E-state index contributed by atoms with van der Waals surface area (Å²) in [6.07, 6.45) is 1.58. The smallest absolute Gasteiger partial charge is 0.281 e. The fourth-order valence-electron chi connectivity index (χ4n) is 1.34. The monoisotopic (exact) mass is 227 g/mol. The average Bonchev–Trinajstić information content (AvgIpc) is 2.54. The number of fused-ring (bicyclic) bond motifs is 1. The Balaban J connectivity index is 0.00000112. The van der Waals surface area contributed by atoms with Gasteiger partial charge in [0.2, 0.25) is 5.00 Å². The third-order valence-electron chi connectivity index (χ3n) is 2.02. The van der Waals surface area contributed by atoms with Crippen LogP contribution in [0.2, 0.25) is 0 Å². The van der Waals surface area contributed by atoms with Gasteiger partial charge in [0.1, 0.15) is 0 Å². The van der Waals surface area contributed by atoms with E-state index < -0.39 is 10.9 Å². The molecule has 1 atom stereocenters. The number of alkyl halides is 1. The first kappa shape index (κ1) is 11.6. The number of rotatable bonds is 1. The van der Waals surface area contributed by atoms with Crippen LogP contribution >= 0.6 is 11.6 Å². The van der Waals surface area contributed by atoms with Crippen molar-refractivity contribution in [3.05, 3.63) is 34.8 Å². The molecule has 5 nitrogen and oxygen atoms in total. The van der Waals surface area contributed by atoms with Crippen LogP contribution in [-0.2, 0) is 4.79 Å². The number of hydrogen-bond donors (Lipinski definition) is 2. The maximum atomic E-state index is 11.3. The second-order valence-corrected chi connectivity index (χ2v) is 3.54. The first-order valence-corrected chi connectivity index (χ1v) is 4.41. The van der Waals surface area contributed by atoms with Gasteiger partial charge in [0.05, 0.1) is 5.36 Å². The van der Waals surface area contributed by atoms with Crippen LogP contribution < -0.4 is 21.8 Å². The van der Waals surface area contributed by atoms with E-state index in [1.54, 1.807) is 12.1 Å². The zero-order chi connectivity index (χ0) is 10.2. The SMILES string of the molecule is NNC(=O)C1(Cl)C=c2ccccc2=N1.O. The second-order valence-electron chi connectivity index (χ2n) is 2.96. The molecular formula is C9H10ClN3O2. The van der Waals surface area contributed by atoms with Crippen LogP contribution in [0.3, 0.4) is 0 Å². The first-order chi connectivity index (χ1) is 6.65. The number of hydrazine groups is 1. The van der Waals surface area contributed by atoms with Gasteiger partial charge in [-0.1, -0.05) is 29.8 Å². The van der Waals surface area contributed by atoms with Crippen LogP contribution in [0.25, 0.3) is 6.08 Å². The molecule has 0 aromatic heterocycles. The summed E-state index contributed by atoms with van der Waals surface area (Å²) in [6.45, 7) is 0. The van der Waals surface area contributed by atoms with Gasteiger partial charge in [-0.2, -0.15) is 0 Å². The van der Waals surface area contributed by atoms with Gasteiger partial charge in [0.25, 0.3) is 5.91 Å². The molecule has 80 valence electrons. The highest BCUT2D eigenvalue weighted by molar-refractivity contribution is 6.39. The van der Waals surface area contributed by atoms with Gasteiger partial charge in [0, 0.05) is 0 Å². The van der Waals surface area contributed by atoms with Crippen molar-refractivity contribution in [1.82, 2.24) is 5.43 Å². The number of para-hydroxylation sites is 1. The van der Waals surface area contributed by atoms with Gasteiger partial charge in [-0.05, 0) is 17.4 Å². The Bertz CT molecular complexity index is 465. The number of carbonyl (C=O) groups excluding carboxylic acids is 1. The Labute approximate surface area is 90.5 Å². The molecule has 0 saturated heterocycles. The van der Waals surface area contributed by atoms with Crippen molar-refractivity contribution in [1.29, 1.82) is 0 Å². The Morgan fingerprint density at radius 1 is 1.47 bits per heavy atom. The van der Waals surface area contributed by atoms with Gasteiger partial charge >= 0.3 is 0 Å². The number of nitrogens with one attached hydrogen (secondary N) is 1. The number of carbonyl (C=O) groups is 1. The van der Waals surface area contributed by atoms with E-state index in [1.165, 1.54) is 0 Å². The van der Waals surface area contributed by atoms with E-state index >= 15 is 0 Å². The lowest BCUT2D eigenvalue weighted by Crippen LogP contribution is -2.42. The fourth-order valence-corrected chi connectivity index (χ4v) is 1.61. The minimum absolute atomic E-state index is 0. The van der Waals surface area contributed by atoms with Crippen LogP contribution in [-0.4, -0.2) is 16.4 Å². The van der Waals surface area contributed by atoms with E-state index in [1.807, 2.05) is 23.6 Å². The summed E-state index contributed by atoms with van der Waals surface area (Å²) in [7, 11) is 0. The minimum atomic E-state index is -1.39. The van der Waals surface area contributed by atoms with Crippen molar-refractivity contribution in [2.45, 2.75) is 5.00 Å². The van der Waals surface area contributed by atoms with Crippen LogP contribution in [0.1, 0.15) is 0 Å². The topological polar surface area (TPSA) is 99.0 Å². The molecule has 1 aromatic carbocycles. The highest BCUT2D eigenvalue weighted by atomic mass is 35.5. The lowest BCUT2D eigenvalue weighted by atomic mass is 10.2. The van der Waals surface area contributed by atoms with Crippen molar-refractivity contribution < 1.29 is 10.3 Å². The largest absolute Gasteiger partial charge is 0.412 e. The summed E-state index contributed by atoms with van der Waals surface area (Å²) < 4.78 is 0. The van der Waals surface area contributed by atoms with E-state index in [-0.39, 0.29) is 5.48 Å². The molecule has 2 rings (SSSR count). The summed E-state index contributed by atoms with van der Waals surface area (Å²) in [4.78, 5) is 14.0. The molecule has 0 saturated carbocycles. The molecule has 1 aliphatic rings. The lowest BCUT2D eigenvalue weighted by molar-refractivity contribution is -0.122. The lowest BCUT2D eigenvalue weighted by Gasteiger charge is -2.12. The summed E-state index contributed by atoms with van der Waals surface area (Å²) in [6, 6.07) is 7.32. The van der Waals surface area contributed by atoms with Gasteiger partial charge in [-0.25, -0.2) is 10.8 Å². The van der Waals surface area contributed by atoms with Crippen LogP contribution in [0.15, 0.2) is 29.3 Å². The van der Waals surface area contributed by atoms with Crippen molar-refractivity contribution >= 4 is 23.6 Å². The number of benzene rings is 1. The standard InChI is InChI=1S/C9H8ClN3O.H2O/c10-9(8(14)13-11)5-6-3-1-2-4-7(6)12-9;/h1-5H,11H2,(H,13,14);1H2. The van der Waals surface area contributed by atoms with Crippen LogP contribution in [0.4, 0.5) is 0 Å². The molecule has 1 aliphatic heterocycles. The van der Waals surface area contributed by atoms with Gasteiger partial charge in [-0.15, -0.1) is 0 Å². The van der Waals surface area contributed by atoms with Crippen molar-refractivity contribution in [2.75, 3.05) is 0 Å². The van der Waals surface area contributed by atoms with E-state index in [0.717, 1.165) is 5.22 Å². The van der Waals surface area contributed by atoms with E-state index in [4.69, 9.17) is 17.4 Å². The zero-order valence-corrected chi connectivity index (χ0v) is 8.45. The third kappa shape index (κ3) is 1.85. The van der Waals surface area contributed by atoms with Crippen molar-refractivity contribution in [3.8, 4) is 0 Å². The van der Waals surface area contributed by atoms with Crippen LogP contribution in [0.5, 0.6) is 0 Å². The predicted octanol–water partition coefficient (Wildman–Crippen LogP) is -1.80. The maximum Gasteiger partial charge on any atom is 0.281 e. The first-order valence-electron chi connectivity index (χ1n) is 4.03. The molecule has 0 radical (unpaired) electrons. The van der Waals surface area contributed by atoms with E-state index in [2.05, 4.69) is 4.99 Å². The maximum absolute atomic E-state index is 11.3. The fraction of sp³-hybridized carbons (Fsp3) is 0.111. The summed E-state index contributed by atoms with van der Waals surface area (Å²) in [5.41, 5.74) is 1.99. The van der Waals surface area contributed by atoms with Crippen molar-refractivity contribution in [3.63, 3.8) is 0 Å². The molecule has 0 bridgehead atoms. The molecule has 6 heteroatoms. The Morgan fingerprint density at radius 3 is 2.73 bits per heavy atom. The highest BCUT2D eigenvalue weighted by Crippen LogP contribution is 2.19. The number of nitrogens with zero attached hydrogens (tertiary/aromatic N) is 1. The van der Waals surface area contributed by atoms with Gasteiger partial charge in [-0.3, -0.25) is 10.2 Å². The Hall–Kier alpha value is -1.43. The molecule has 0 aliphatic carbocycles. The Kier molecular flexibility index (Phi) is 3.09. The molecule has 15 heavy (non-hydrogen) atoms. The molecule has 0 fully saturated rings. The molecule has 0 spiro atoms. The number of halogens is 1. The molecule has 1 heterocycles. The predicted molar refractivity (Wildman–Crippen MR) is 56.2 cm³/mol. The third-order valence-corrected chi connectivity index (χ3v) is 2.38. The summed E-state index contributed by atoms with van der Waals surface area (Å²) >= 11 is 5.97. The Morgan fingerprint density at radius 2 is 2.13 bits per heavy atom. The zero-order valence-electron chi connectivity index (χ0n) is 7.70. The minimum Gasteiger partial charge on any atom is -0.412 e. The van der Waals surface area contributed by atoms with E-state index in [0.29, 0.717) is 5.36 Å². The molecular weight excluding hydrogens is 218 g/mol. The van der Waals surface area contributed by atoms with Crippen molar-refractivity contribution in [2.24, 2.45) is 10.8 Å². The van der Waals surface area contributed by atoms with Crippen LogP contribution in [0, 0.1) is 0 Å². The number of hydrogen-bond acceptors (Lipinski definition) is 3. The van der Waals surface area contributed by atoms with Gasteiger partial charge in [0.15, 0.2) is 0 Å². The molecule has 5 N–H and O–H groups in total. The summed E-state index contributed by atoms with van der Waals surface area (Å²) in [5, 5.41) is 1.54.